The molecule has 2 aromatic rings. The van der Waals surface area contributed by atoms with Gasteiger partial charge in [0.25, 0.3) is 0 Å². The molecule has 0 saturated carbocycles. The van der Waals surface area contributed by atoms with Gasteiger partial charge in [0.1, 0.15) is 5.52 Å². The lowest BCUT2D eigenvalue weighted by molar-refractivity contribution is -0.540. The van der Waals surface area contributed by atoms with Crippen LogP contribution < -0.4 is 11.1 Å². The predicted molar refractivity (Wildman–Crippen MR) is 84.2 cm³/mol. The summed E-state index contributed by atoms with van der Waals surface area (Å²) in [4.78, 5) is 35.9. The summed E-state index contributed by atoms with van der Waals surface area (Å²) in [6, 6.07) is 3.00. The third-order valence-corrected chi connectivity index (χ3v) is 5.23. The first-order valence-corrected chi connectivity index (χ1v) is 8.33. The highest BCUT2D eigenvalue weighted by atomic mass is 32.2. The van der Waals surface area contributed by atoms with Gasteiger partial charge in [-0.2, -0.15) is 4.31 Å². The zero-order valence-corrected chi connectivity index (χ0v) is 13.5. The molecule has 1 aromatic heterocycles. The zero-order valence-electron chi connectivity index (χ0n) is 12.7. The van der Waals surface area contributed by atoms with Crippen LogP contribution in [0.2, 0.25) is 0 Å². The van der Waals surface area contributed by atoms with Crippen LogP contribution in [0.25, 0.3) is 11.0 Å². The molecule has 0 bridgehead atoms. The summed E-state index contributed by atoms with van der Waals surface area (Å²) < 4.78 is 25.9. The van der Waals surface area contributed by atoms with Gasteiger partial charge in [-0.05, 0) is 22.9 Å². The van der Waals surface area contributed by atoms with Gasteiger partial charge in [0.15, 0.2) is 5.03 Å². The van der Waals surface area contributed by atoms with E-state index in [9.17, 15) is 28.1 Å². The number of H-pyrrole nitrogens is 1. The molecule has 3 N–H and O–H groups in total. The minimum absolute atomic E-state index is 0.0176. The second-order valence-corrected chi connectivity index (χ2v) is 6.78. The summed E-state index contributed by atoms with van der Waals surface area (Å²) in [5.74, 6) is 0. The molecule has 12 nitrogen and oxygen atoms in total. The van der Waals surface area contributed by atoms with E-state index in [-0.39, 0.29) is 33.7 Å². The average Bonchev–Trinajstić information content (AvgIpc) is 2.54. The van der Waals surface area contributed by atoms with Crippen LogP contribution in [0.3, 0.4) is 0 Å². The Morgan fingerprint density at radius 2 is 1.80 bits per heavy atom. The van der Waals surface area contributed by atoms with E-state index in [0.29, 0.717) is 0 Å². The fraction of sp³-hybridized carbons (Fsp3) is 0.333. The van der Waals surface area contributed by atoms with Gasteiger partial charge in [-0.3, -0.25) is 9.59 Å². The van der Waals surface area contributed by atoms with E-state index in [1.54, 1.807) is 0 Å². The molecule has 0 aliphatic heterocycles. The molecule has 0 saturated heterocycles. The van der Waals surface area contributed by atoms with Crippen molar-refractivity contribution in [2.45, 2.75) is 4.90 Å². The number of hydrogen-bond donors (Lipinski definition) is 3. The Morgan fingerprint density at radius 3 is 2.32 bits per heavy atom. The third-order valence-electron chi connectivity index (χ3n) is 3.33. The molecule has 0 radical (unpaired) electrons. The number of rotatable bonds is 7. The van der Waals surface area contributed by atoms with E-state index in [4.69, 9.17) is 10.2 Å². The fourth-order valence-electron chi connectivity index (χ4n) is 2.23. The van der Waals surface area contributed by atoms with Crippen molar-refractivity contribution < 1.29 is 23.7 Å². The topological polar surface area (TPSA) is 176 Å². The number of aliphatic hydroxyl groups is 2. The molecule has 0 atom stereocenters. The molecule has 1 heterocycles. The predicted octanol–water partition coefficient (Wildman–Crippen LogP) is -2.30. The summed E-state index contributed by atoms with van der Waals surface area (Å²) >= 11 is 0. The number of aliphatic hydroxyl groups excluding tert-OH is 2. The van der Waals surface area contributed by atoms with Crippen LogP contribution in [0.1, 0.15) is 0 Å². The van der Waals surface area contributed by atoms with Gasteiger partial charge in [0.05, 0.1) is 23.6 Å². The van der Waals surface area contributed by atoms with Crippen LogP contribution in [0.15, 0.2) is 32.7 Å². The summed E-state index contributed by atoms with van der Waals surface area (Å²) in [6.45, 7) is -1.51. The van der Waals surface area contributed by atoms with Gasteiger partial charge in [0.2, 0.25) is 10.0 Å². The van der Waals surface area contributed by atoms with Crippen LogP contribution in [0, 0.1) is 10.1 Å². The van der Waals surface area contributed by atoms with E-state index >= 15 is 0 Å². The highest BCUT2D eigenvalue weighted by Crippen LogP contribution is 2.19. The number of nitrogens with one attached hydrogen (secondary N) is 1. The van der Waals surface area contributed by atoms with Crippen LogP contribution in [-0.4, -0.2) is 63.9 Å². The van der Waals surface area contributed by atoms with Crippen molar-refractivity contribution in [1.82, 2.24) is 14.0 Å². The average molecular weight is 374 g/mol. The molecule has 0 amide bonds. The lowest BCUT2D eigenvalue weighted by Crippen LogP contribution is -2.39. The highest BCUT2D eigenvalue weighted by Gasteiger charge is 2.25. The maximum Gasteiger partial charge on any atom is 0.377 e. The molecular formula is C12H14N4O8S. The molecule has 2 rings (SSSR count). The second-order valence-electron chi connectivity index (χ2n) is 4.84. The zero-order chi connectivity index (χ0) is 18.8. The van der Waals surface area contributed by atoms with Gasteiger partial charge in [-0.25, -0.2) is 18.5 Å². The Kier molecular flexibility index (Phi) is 5.32. The Morgan fingerprint density at radius 1 is 1.20 bits per heavy atom. The Bertz CT molecular complexity index is 1020. The third kappa shape index (κ3) is 3.43. The van der Waals surface area contributed by atoms with Crippen molar-refractivity contribution in [3.63, 3.8) is 0 Å². The lowest BCUT2D eigenvalue weighted by Gasteiger charge is -2.20. The van der Waals surface area contributed by atoms with Gasteiger partial charge >= 0.3 is 11.1 Å². The summed E-state index contributed by atoms with van der Waals surface area (Å²) in [5, 5.41) is 27.8. The van der Waals surface area contributed by atoms with Gasteiger partial charge in [0, 0.05) is 13.1 Å². The normalized spacial score (nSPS) is 12.0. The van der Waals surface area contributed by atoms with Gasteiger partial charge < -0.3 is 15.2 Å². The first kappa shape index (κ1) is 18.7. The molecule has 0 unspecified atom stereocenters. The Labute approximate surface area is 139 Å². The van der Waals surface area contributed by atoms with Gasteiger partial charge in [-0.1, -0.05) is 0 Å². The number of benzene rings is 1. The quantitative estimate of drug-likeness (QED) is 0.275. The first-order valence-electron chi connectivity index (χ1n) is 6.89. The number of hydrogen-bond acceptors (Lipinski definition) is 8. The molecule has 0 aliphatic rings. The number of aromatic amines is 1. The number of aromatic nitrogens is 2. The smallest absolute Gasteiger partial charge is 0.377 e. The minimum atomic E-state index is -4.14. The fourth-order valence-corrected chi connectivity index (χ4v) is 3.68. The van der Waals surface area contributed by atoms with Gasteiger partial charge in [-0.15, -0.1) is 0 Å². The Hall–Kier alpha value is -2.61. The van der Waals surface area contributed by atoms with Crippen LogP contribution in [0.5, 0.6) is 0 Å². The molecule has 136 valence electrons. The number of fused-ring (bicyclic) bond motifs is 1. The molecule has 0 fully saturated rings. The largest absolute Gasteiger partial charge is 0.395 e. The van der Waals surface area contributed by atoms with E-state index in [1.807, 2.05) is 0 Å². The monoisotopic (exact) mass is 374 g/mol. The highest BCUT2D eigenvalue weighted by molar-refractivity contribution is 7.89. The standard InChI is InChI=1S/C12H14N4O8S/c17-5-3-14(4-6-18)25(23,24)8-1-2-10-9(7-8)13-11(19)12(20)15(10)16(21)22/h1-2,7,17-18H,3-6H2,(H,13,19). The van der Waals surface area contributed by atoms with Crippen LogP contribution in [-0.2, 0) is 10.0 Å². The summed E-state index contributed by atoms with van der Waals surface area (Å²) in [5.41, 5.74) is -3.20. The van der Waals surface area contributed by atoms with E-state index in [1.165, 1.54) is 0 Å². The van der Waals surface area contributed by atoms with E-state index in [2.05, 4.69) is 4.98 Å². The summed E-state index contributed by atoms with van der Waals surface area (Å²) in [7, 11) is -4.14. The second kappa shape index (κ2) is 7.10. The molecule has 0 spiro atoms. The molecule has 0 aliphatic carbocycles. The molecule has 25 heavy (non-hydrogen) atoms. The Balaban J connectivity index is 2.70. The van der Waals surface area contributed by atoms with Crippen molar-refractivity contribution >= 4 is 21.1 Å². The number of nitro groups is 1. The number of sulfonamides is 1. The van der Waals surface area contributed by atoms with Crippen molar-refractivity contribution in [3.8, 4) is 0 Å². The molecule has 13 heteroatoms. The van der Waals surface area contributed by atoms with Crippen molar-refractivity contribution in [2.75, 3.05) is 26.3 Å². The molecular weight excluding hydrogens is 360 g/mol. The van der Waals surface area contributed by atoms with Crippen LogP contribution in [0.4, 0.5) is 0 Å². The SMILES string of the molecule is O=c1[nH]c2cc(S(=O)(=O)N(CCO)CCO)ccc2n([N+](=O)[O-])c1=O. The first-order chi connectivity index (χ1) is 11.7. The molecule has 1 aromatic carbocycles. The van der Waals surface area contributed by atoms with E-state index in [0.717, 1.165) is 22.5 Å². The van der Waals surface area contributed by atoms with Crippen molar-refractivity contribution in [2.24, 2.45) is 0 Å². The van der Waals surface area contributed by atoms with Crippen LogP contribution >= 0.6 is 0 Å². The van der Waals surface area contributed by atoms with Crippen molar-refractivity contribution in [1.29, 1.82) is 0 Å². The van der Waals surface area contributed by atoms with E-state index < -0.39 is 39.4 Å². The maximum atomic E-state index is 12.5. The lowest BCUT2D eigenvalue weighted by atomic mass is 10.3. The van der Waals surface area contributed by atoms with Crippen molar-refractivity contribution in [3.05, 3.63) is 49.0 Å². The maximum absolute atomic E-state index is 12.5. The number of nitrogens with zero attached hydrogens (tertiary/aromatic N) is 3. The minimum Gasteiger partial charge on any atom is -0.395 e. The summed E-state index contributed by atoms with van der Waals surface area (Å²) in [6.07, 6.45) is 0.